The molecule has 0 unspecified atom stereocenters. The summed E-state index contributed by atoms with van der Waals surface area (Å²) in [5.41, 5.74) is 2.44. The van der Waals surface area contributed by atoms with Crippen LogP contribution >= 0.6 is 0 Å². The fourth-order valence-corrected chi connectivity index (χ4v) is 1.28. The molecule has 15 heavy (non-hydrogen) atoms. The van der Waals surface area contributed by atoms with Crippen molar-refractivity contribution in [3.63, 3.8) is 0 Å². The molecule has 0 bridgehead atoms. The molecule has 82 valence electrons. The fraction of sp³-hybridized carbons (Fsp3) is 0.222. The summed E-state index contributed by atoms with van der Waals surface area (Å²) >= 11 is 0. The Hall–Kier alpha value is -1.72. The Balaban J connectivity index is 3.51. The molecule has 3 nitrogen and oxygen atoms in total. The first-order valence-corrected chi connectivity index (χ1v) is 3.92. The van der Waals surface area contributed by atoms with Crippen LogP contribution in [0, 0.1) is 6.92 Å². The van der Waals surface area contributed by atoms with Crippen LogP contribution in [0.1, 0.15) is 21.5 Å². The number of benzene rings is 1. The molecule has 0 radical (unpaired) electrons. The zero-order chi connectivity index (χ0) is 11.8. The van der Waals surface area contributed by atoms with Crippen molar-refractivity contribution in [2.75, 3.05) is 5.73 Å². The average Bonchev–Trinajstić information content (AvgIpc) is 2.00. The maximum atomic E-state index is 12.5. The monoisotopic (exact) mass is 218 g/mol. The van der Waals surface area contributed by atoms with Crippen molar-refractivity contribution in [2.45, 2.75) is 13.1 Å². The number of aromatic carboxylic acids is 1. The minimum atomic E-state index is -4.67. The lowest BCUT2D eigenvalue weighted by molar-refractivity contribution is -0.254. The molecule has 0 amide bonds. The van der Waals surface area contributed by atoms with E-state index in [1.54, 1.807) is 0 Å². The SMILES string of the molecule is Cc1ccc(C(=O)[O-])c(N)c1C(F)(F)F. The van der Waals surface area contributed by atoms with Crippen molar-refractivity contribution in [1.29, 1.82) is 0 Å². The van der Waals surface area contributed by atoms with E-state index in [-0.39, 0.29) is 5.56 Å². The van der Waals surface area contributed by atoms with Crippen molar-refractivity contribution in [3.05, 3.63) is 28.8 Å². The normalized spacial score (nSPS) is 11.5. The molecule has 0 aliphatic rings. The number of halogens is 3. The topological polar surface area (TPSA) is 66.1 Å². The van der Waals surface area contributed by atoms with Gasteiger partial charge in [-0.3, -0.25) is 0 Å². The number of hydrogen-bond donors (Lipinski definition) is 1. The molecule has 1 rings (SSSR count). The quantitative estimate of drug-likeness (QED) is 0.714. The highest BCUT2D eigenvalue weighted by Gasteiger charge is 2.35. The fourth-order valence-electron chi connectivity index (χ4n) is 1.28. The highest BCUT2D eigenvalue weighted by atomic mass is 19.4. The maximum Gasteiger partial charge on any atom is 0.418 e. The number of aryl methyl sites for hydroxylation is 1. The molecule has 6 heteroatoms. The van der Waals surface area contributed by atoms with Crippen molar-refractivity contribution >= 4 is 11.7 Å². The number of hydrogen-bond acceptors (Lipinski definition) is 3. The molecule has 0 aliphatic carbocycles. The van der Waals surface area contributed by atoms with Crippen LogP contribution < -0.4 is 10.8 Å². The van der Waals surface area contributed by atoms with E-state index in [0.29, 0.717) is 0 Å². The first kappa shape index (κ1) is 11.4. The highest BCUT2D eigenvalue weighted by Crippen LogP contribution is 2.37. The zero-order valence-corrected chi connectivity index (χ0v) is 7.68. The van der Waals surface area contributed by atoms with E-state index in [1.165, 1.54) is 6.92 Å². The Labute approximate surface area is 83.3 Å². The Morgan fingerprint density at radius 2 is 1.93 bits per heavy atom. The van der Waals surface area contributed by atoms with Gasteiger partial charge < -0.3 is 15.6 Å². The lowest BCUT2D eigenvalue weighted by Crippen LogP contribution is -2.25. The Bertz CT molecular complexity index is 413. The molecule has 0 fully saturated rings. The van der Waals surface area contributed by atoms with Gasteiger partial charge in [0.05, 0.1) is 17.2 Å². The number of carbonyl (C=O) groups is 1. The third-order valence-electron chi connectivity index (χ3n) is 1.96. The van der Waals surface area contributed by atoms with Crippen LogP contribution in [0.5, 0.6) is 0 Å². The van der Waals surface area contributed by atoms with E-state index >= 15 is 0 Å². The molecular formula is C9H7F3NO2-. The second kappa shape index (κ2) is 3.45. The first-order valence-electron chi connectivity index (χ1n) is 3.92. The number of carbonyl (C=O) groups excluding carboxylic acids is 1. The van der Waals surface area contributed by atoms with Gasteiger partial charge in [-0.2, -0.15) is 13.2 Å². The summed E-state index contributed by atoms with van der Waals surface area (Å²) in [6, 6.07) is 2.04. The van der Waals surface area contributed by atoms with Gasteiger partial charge in [-0.05, 0) is 12.5 Å². The van der Waals surface area contributed by atoms with E-state index in [4.69, 9.17) is 5.73 Å². The largest absolute Gasteiger partial charge is 0.545 e. The highest BCUT2D eigenvalue weighted by molar-refractivity contribution is 5.93. The number of anilines is 1. The molecule has 1 aromatic rings. The number of alkyl halides is 3. The maximum absolute atomic E-state index is 12.5. The van der Waals surface area contributed by atoms with Gasteiger partial charge in [0.25, 0.3) is 0 Å². The van der Waals surface area contributed by atoms with Gasteiger partial charge in [0.2, 0.25) is 0 Å². The summed E-state index contributed by atoms with van der Waals surface area (Å²) < 4.78 is 37.4. The lowest BCUT2D eigenvalue weighted by atomic mass is 10.0. The predicted octanol–water partition coefficient (Wildman–Crippen LogP) is 0.960. The molecule has 0 saturated heterocycles. The third-order valence-corrected chi connectivity index (χ3v) is 1.96. The van der Waals surface area contributed by atoms with Crippen molar-refractivity contribution in [2.24, 2.45) is 0 Å². The molecule has 0 heterocycles. The van der Waals surface area contributed by atoms with E-state index in [9.17, 15) is 23.1 Å². The predicted molar refractivity (Wildman–Crippen MR) is 44.9 cm³/mol. The molecule has 0 spiro atoms. The average molecular weight is 218 g/mol. The molecule has 1 aromatic carbocycles. The molecular weight excluding hydrogens is 211 g/mol. The van der Waals surface area contributed by atoms with Crippen LogP contribution in [0.25, 0.3) is 0 Å². The number of rotatable bonds is 1. The number of carboxylic acids is 1. The minimum Gasteiger partial charge on any atom is -0.545 e. The van der Waals surface area contributed by atoms with Crippen LogP contribution in [0.4, 0.5) is 18.9 Å². The summed E-state index contributed by atoms with van der Waals surface area (Å²) in [6.45, 7) is 1.21. The molecule has 0 aromatic heterocycles. The summed E-state index contributed by atoms with van der Waals surface area (Å²) in [6.07, 6.45) is -4.67. The van der Waals surface area contributed by atoms with Gasteiger partial charge in [0.15, 0.2) is 0 Å². The Morgan fingerprint density at radius 1 is 1.40 bits per heavy atom. The zero-order valence-electron chi connectivity index (χ0n) is 7.68. The molecule has 0 saturated carbocycles. The van der Waals surface area contributed by atoms with E-state index in [2.05, 4.69) is 0 Å². The van der Waals surface area contributed by atoms with Gasteiger partial charge in [0, 0.05) is 5.56 Å². The smallest absolute Gasteiger partial charge is 0.418 e. The van der Waals surface area contributed by atoms with Crippen LogP contribution in [-0.2, 0) is 6.18 Å². The van der Waals surface area contributed by atoms with Gasteiger partial charge in [-0.25, -0.2) is 0 Å². The minimum absolute atomic E-state index is 0.120. The van der Waals surface area contributed by atoms with Gasteiger partial charge >= 0.3 is 6.18 Å². The number of carboxylic acid groups (broad SMARTS) is 1. The van der Waals surface area contributed by atoms with Crippen molar-refractivity contribution < 1.29 is 23.1 Å². The van der Waals surface area contributed by atoms with Crippen LogP contribution in [0.15, 0.2) is 12.1 Å². The second-order valence-corrected chi connectivity index (χ2v) is 3.00. The summed E-state index contributed by atoms with van der Waals surface area (Å²) in [4.78, 5) is 10.5. The molecule has 0 aliphatic heterocycles. The first-order chi connectivity index (χ1) is 6.75. The summed E-state index contributed by atoms with van der Waals surface area (Å²) in [5, 5.41) is 10.5. The van der Waals surface area contributed by atoms with Crippen molar-refractivity contribution in [3.8, 4) is 0 Å². The number of nitrogens with two attached hydrogens (primary N) is 1. The summed E-state index contributed by atoms with van der Waals surface area (Å²) in [7, 11) is 0. The molecule has 0 atom stereocenters. The van der Waals surface area contributed by atoms with Gasteiger partial charge in [-0.15, -0.1) is 0 Å². The van der Waals surface area contributed by atoms with Crippen LogP contribution in [0.3, 0.4) is 0 Å². The van der Waals surface area contributed by atoms with Crippen LogP contribution in [-0.4, -0.2) is 5.97 Å². The Morgan fingerprint density at radius 3 is 2.33 bits per heavy atom. The second-order valence-electron chi connectivity index (χ2n) is 3.00. The summed E-state index contributed by atoms with van der Waals surface area (Å²) in [5.74, 6) is -1.72. The van der Waals surface area contributed by atoms with E-state index in [1.807, 2.05) is 0 Å². The molecule has 2 N–H and O–H groups in total. The third kappa shape index (κ3) is 2.03. The van der Waals surface area contributed by atoms with E-state index < -0.39 is 29.0 Å². The van der Waals surface area contributed by atoms with Gasteiger partial charge in [-0.1, -0.05) is 12.1 Å². The Kier molecular flexibility index (Phi) is 2.61. The van der Waals surface area contributed by atoms with E-state index in [0.717, 1.165) is 12.1 Å². The lowest BCUT2D eigenvalue weighted by Gasteiger charge is -2.16. The standard InChI is InChI=1S/C9H8F3NO2/c1-4-2-3-5(8(14)15)7(13)6(4)9(10,11)12/h2-3H,13H2,1H3,(H,14,15)/p-1. The van der Waals surface area contributed by atoms with Crippen molar-refractivity contribution in [1.82, 2.24) is 0 Å². The number of nitrogen functional groups attached to an aromatic ring is 1. The van der Waals surface area contributed by atoms with Crippen LogP contribution in [0.2, 0.25) is 0 Å². The van der Waals surface area contributed by atoms with Gasteiger partial charge in [0.1, 0.15) is 0 Å².